The van der Waals surface area contributed by atoms with Crippen LogP contribution in [0, 0.1) is 5.92 Å². The van der Waals surface area contributed by atoms with Gasteiger partial charge in [-0.2, -0.15) is 0 Å². The second kappa shape index (κ2) is 6.46. The Hall–Kier alpha value is -1.26. The lowest BCUT2D eigenvalue weighted by Crippen LogP contribution is -2.40. The molecule has 0 aromatic heterocycles. The summed E-state index contributed by atoms with van der Waals surface area (Å²) in [6, 6.07) is 8.51. The highest BCUT2D eigenvalue weighted by Gasteiger charge is 2.33. The maximum Gasteiger partial charge on any atom is 0.119 e. The molecular weight excluding hydrogens is 252 g/mol. The number of methoxy groups -OCH3 is 1. The van der Waals surface area contributed by atoms with Crippen molar-refractivity contribution in [3.8, 4) is 11.5 Å². The molecular formula is C16H24N2O2. The Labute approximate surface area is 121 Å². The molecule has 0 saturated carbocycles. The zero-order valence-corrected chi connectivity index (χ0v) is 12.2. The van der Waals surface area contributed by atoms with E-state index in [9.17, 15) is 0 Å². The monoisotopic (exact) mass is 276 g/mol. The Kier molecular flexibility index (Phi) is 4.43. The first kappa shape index (κ1) is 13.7. The largest absolute Gasteiger partial charge is 0.497 e. The van der Waals surface area contributed by atoms with Gasteiger partial charge in [-0.25, -0.2) is 0 Å². The number of nitrogens with zero attached hydrogens (tertiary/aromatic N) is 1. The molecule has 2 fully saturated rings. The maximum atomic E-state index is 5.80. The van der Waals surface area contributed by atoms with Gasteiger partial charge in [0, 0.05) is 25.7 Å². The van der Waals surface area contributed by atoms with Crippen molar-refractivity contribution in [2.75, 3.05) is 39.9 Å². The number of rotatable bonds is 5. The first-order valence-electron chi connectivity index (χ1n) is 7.58. The molecule has 1 aromatic rings. The van der Waals surface area contributed by atoms with E-state index in [2.05, 4.69) is 10.2 Å². The molecule has 1 aromatic carbocycles. The summed E-state index contributed by atoms with van der Waals surface area (Å²) >= 11 is 0. The van der Waals surface area contributed by atoms with Crippen molar-refractivity contribution in [2.24, 2.45) is 5.92 Å². The minimum Gasteiger partial charge on any atom is -0.497 e. The topological polar surface area (TPSA) is 33.7 Å². The van der Waals surface area contributed by atoms with Crippen LogP contribution in [0.3, 0.4) is 0 Å². The van der Waals surface area contributed by atoms with Gasteiger partial charge in [-0.1, -0.05) is 0 Å². The molecule has 2 saturated heterocycles. The van der Waals surface area contributed by atoms with Crippen molar-refractivity contribution in [1.82, 2.24) is 10.2 Å². The second-order valence-electron chi connectivity index (χ2n) is 5.75. The summed E-state index contributed by atoms with van der Waals surface area (Å²) in [5.41, 5.74) is 0. The Balaban J connectivity index is 1.41. The highest BCUT2D eigenvalue weighted by Crippen LogP contribution is 2.24. The Morgan fingerprint density at radius 1 is 1.20 bits per heavy atom. The quantitative estimate of drug-likeness (QED) is 0.888. The molecule has 3 rings (SSSR count). The number of ether oxygens (including phenoxy) is 2. The van der Waals surface area contributed by atoms with Crippen LogP contribution in [-0.2, 0) is 0 Å². The van der Waals surface area contributed by atoms with Gasteiger partial charge in [0.25, 0.3) is 0 Å². The summed E-state index contributed by atoms with van der Waals surface area (Å²) < 4.78 is 10.9. The predicted octanol–water partition coefficient (Wildman–Crippen LogP) is 1.76. The van der Waals surface area contributed by atoms with E-state index in [1.54, 1.807) is 7.11 Å². The van der Waals surface area contributed by atoms with E-state index in [4.69, 9.17) is 9.47 Å². The molecule has 2 heterocycles. The SMILES string of the molecule is COc1ccc(OCCN2C[C@@H]3CCCN[C@@H]3C2)cc1. The fourth-order valence-electron chi connectivity index (χ4n) is 3.28. The number of benzene rings is 1. The fraction of sp³-hybridized carbons (Fsp3) is 0.625. The van der Waals surface area contributed by atoms with Crippen LogP contribution in [0.2, 0.25) is 0 Å². The number of likely N-dealkylation sites (tertiary alicyclic amines) is 1. The summed E-state index contributed by atoms with van der Waals surface area (Å²) in [5, 5.41) is 3.64. The second-order valence-corrected chi connectivity index (χ2v) is 5.75. The van der Waals surface area contributed by atoms with Gasteiger partial charge in [0.15, 0.2) is 0 Å². The number of hydrogen-bond donors (Lipinski definition) is 1. The Bertz CT molecular complexity index is 407. The van der Waals surface area contributed by atoms with Gasteiger partial charge in [-0.15, -0.1) is 0 Å². The lowest BCUT2D eigenvalue weighted by atomic mass is 9.94. The molecule has 4 heteroatoms. The zero-order valence-electron chi connectivity index (χ0n) is 12.2. The molecule has 20 heavy (non-hydrogen) atoms. The fourth-order valence-corrected chi connectivity index (χ4v) is 3.28. The number of hydrogen-bond acceptors (Lipinski definition) is 4. The van der Waals surface area contributed by atoms with Gasteiger partial charge in [0.1, 0.15) is 18.1 Å². The summed E-state index contributed by atoms with van der Waals surface area (Å²) in [5.74, 6) is 2.64. The minimum atomic E-state index is 0.713. The Morgan fingerprint density at radius 2 is 2.00 bits per heavy atom. The third-order valence-corrected chi connectivity index (χ3v) is 4.41. The zero-order chi connectivity index (χ0) is 13.8. The predicted molar refractivity (Wildman–Crippen MR) is 79.4 cm³/mol. The van der Waals surface area contributed by atoms with E-state index >= 15 is 0 Å². The molecule has 2 atom stereocenters. The summed E-state index contributed by atoms with van der Waals surface area (Å²) in [6.45, 7) is 5.37. The van der Waals surface area contributed by atoms with Crippen molar-refractivity contribution < 1.29 is 9.47 Å². The van der Waals surface area contributed by atoms with Crippen LogP contribution in [0.4, 0.5) is 0 Å². The van der Waals surface area contributed by atoms with Gasteiger partial charge in [0.05, 0.1) is 7.11 Å². The molecule has 0 unspecified atom stereocenters. The Morgan fingerprint density at radius 3 is 2.75 bits per heavy atom. The third-order valence-electron chi connectivity index (χ3n) is 4.41. The van der Waals surface area contributed by atoms with Crippen molar-refractivity contribution in [2.45, 2.75) is 18.9 Å². The first-order chi connectivity index (χ1) is 9.85. The normalized spacial score (nSPS) is 26.2. The molecule has 2 aliphatic rings. The number of nitrogens with one attached hydrogen (secondary N) is 1. The number of piperidine rings is 1. The molecule has 1 N–H and O–H groups in total. The van der Waals surface area contributed by atoms with E-state index in [0.29, 0.717) is 6.04 Å². The van der Waals surface area contributed by atoms with Crippen molar-refractivity contribution in [3.05, 3.63) is 24.3 Å². The molecule has 0 spiro atoms. The highest BCUT2D eigenvalue weighted by molar-refractivity contribution is 5.31. The average Bonchev–Trinajstić information content (AvgIpc) is 2.90. The van der Waals surface area contributed by atoms with E-state index in [1.807, 2.05) is 24.3 Å². The van der Waals surface area contributed by atoms with E-state index < -0.39 is 0 Å². The van der Waals surface area contributed by atoms with E-state index in [1.165, 1.54) is 32.5 Å². The van der Waals surface area contributed by atoms with E-state index in [0.717, 1.165) is 30.6 Å². The smallest absolute Gasteiger partial charge is 0.119 e. The van der Waals surface area contributed by atoms with Crippen LogP contribution in [0.5, 0.6) is 11.5 Å². The van der Waals surface area contributed by atoms with Gasteiger partial charge in [-0.05, 0) is 49.6 Å². The average molecular weight is 276 g/mol. The summed E-state index contributed by atoms with van der Waals surface area (Å²) in [7, 11) is 1.68. The van der Waals surface area contributed by atoms with Crippen LogP contribution >= 0.6 is 0 Å². The summed E-state index contributed by atoms with van der Waals surface area (Å²) in [6.07, 6.45) is 2.71. The molecule has 0 amide bonds. The standard InChI is InChI=1S/C16H24N2O2/c1-19-14-4-6-15(7-5-14)20-10-9-18-11-13-3-2-8-17-16(13)12-18/h4-7,13,16-17H,2-3,8-12H2,1H3/t13-,16+/m0/s1. The van der Waals surface area contributed by atoms with Crippen LogP contribution in [0.1, 0.15) is 12.8 Å². The minimum absolute atomic E-state index is 0.713. The molecule has 0 radical (unpaired) electrons. The van der Waals surface area contributed by atoms with Gasteiger partial charge < -0.3 is 14.8 Å². The molecule has 2 aliphatic heterocycles. The third kappa shape index (κ3) is 3.25. The van der Waals surface area contributed by atoms with Crippen LogP contribution in [0.25, 0.3) is 0 Å². The number of fused-ring (bicyclic) bond motifs is 1. The summed E-state index contributed by atoms with van der Waals surface area (Å²) in [4.78, 5) is 2.52. The lowest BCUT2D eigenvalue weighted by Gasteiger charge is -2.24. The highest BCUT2D eigenvalue weighted by atomic mass is 16.5. The van der Waals surface area contributed by atoms with Gasteiger partial charge in [0.2, 0.25) is 0 Å². The van der Waals surface area contributed by atoms with Gasteiger partial charge >= 0.3 is 0 Å². The maximum absolute atomic E-state index is 5.80. The van der Waals surface area contributed by atoms with Crippen molar-refractivity contribution >= 4 is 0 Å². The molecule has 4 nitrogen and oxygen atoms in total. The lowest BCUT2D eigenvalue weighted by molar-refractivity contribution is 0.231. The van der Waals surface area contributed by atoms with E-state index in [-0.39, 0.29) is 0 Å². The van der Waals surface area contributed by atoms with Crippen molar-refractivity contribution in [1.29, 1.82) is 0 Å². The van der Waals surface area contributed by atoms with Gasteiger partial charge in [-0.3, -0.25) is 4.90 Å². The van der Waals surface area contributed by atoms with Crippen LogP contribution in [0.15, 0.2) is 24.3 Å². The van der Waals surface area contributed by atoms with Crippen molar-refractivity contribution in [3.63, 3.8) is 0 Å². The molecule has 110 valence electrons. The van der Waals surface area contributed by atoms with Crippen LogP contribution < -0.4 is 14.8 Å². The first-order valence-corrected chi connectivity index (χ1v) is 7.58. The molecule has 0 aliphatic carbocycles. The molecule has 0 bridgehead atoms. The van der Waals surface area contributed by atoms with Crippen LogP contribution in [-0.4, -0.2) is 50.8 Å².